The van der Waals surface area contributed by atoms with Crippen LogP contribution in [0, 0.1) is 0 Å². The Kier molecular flexibility index (Phi) is 14.3. The molecule has 3 N–H and O–H groups in total. The quantitative estimate of drug-likeness (QED) is 0.187. The first-order valence-corrected chi connectivity index (χ1v) is 17.7. The fourth-order valence-corrected chi connectivity index (χ4v) is 6.80. The normalized spacial score (nSPS) is 14.1. The standard InChI is InChI=1S/C22H30N6O4S.C10H18O4/c1-5-7-17-19-20(27(4)25-17)22(29)24-21(23-19)16-14-15(8-9-18(16)32-6-2)33(30,31)28-12-10-26(3)11-13-28;11-9(12)7-5-3-1-2-4-6-8-10(13)14/h8-9,14H,5-7,10-13H2,1-4H3,(H,23,24,29);1-8H2,(H,11,12)(H,13,14). The van der Waals surface area contributed by atoms with Crippen LogP contribution in [0.2, 0.25) is 0 Å². The maximum Gasteiger partial charge on any atom is 0.303 e. The molecule has 0 spiro atoms. The minimum Gasteiger partial charge on any atom is -0.493 e. The molecule has 47 heavy (non-hydrogen) atoms. The molecule has 0 radical (unpaired) electrons. The van der Waals surface area contributed by atoms with E-state index >= 15 is 0 Å². The lowest BCUT2D eigenvalue weighted by Gasteiger charge is -2.31. The van der Waals surface area contributed by atoms with E-state index in [0.717, 1.165) is 50.6 Å². The first-order chi connectivity index (χ1) is 22.4. The molecule has 3 aromatic rings. The van der Waals surface area contributed by atoms with E-state index in [4.69, 9.17) is 19.9 Å². The molecule has 15 heteroatoms. The Morgan fingerprint density at radius 3 is 2.09 bits per heavy atom. The minimum atomic E-state index is -3.70. The first-order valence-electron chi connectivity index (χ1n) is 16.2. The minimum absolute atomic E-state index is 0.147. The summed E-state index contributed by atoms with van der Waals surface area (Å²) in [6.45, 7) is 6.48. The Labute approximate surface area is 275 Å². The zero-order valence-electron chi connectivity index (χ0n) is 27.8. The third kappa shape index (κ3) is 10.6. The smallest absolute Gasteiger partial charge is 0.303 e. The van der Waals surface area contributed by atoms with Crippen LogP contribution >= 0.6 is 0 Å². The molecule has 1 aliphatic heterocycles. The average Bonchev–Trinajstić information content (AvgIpc) is 3.34. The number of likely N-dealkylation sites (N-methyl/N-ethyl adjacent to an activating group) is 1. The summed E-state index contributed by atoms with van der Waals surface area (Å²) in [7, 11) is -0.00831. The molecule has 3 heterocycles. The monoisotopic (exact) mass is 676 g/mol. The summed E-state index contributed by atoms with van der Waals surface area (Å²) >= 11 is 0. The van der Waals surface area contributed by atoms with E-state index in [0.29, 0.717) is 61.6 Å². The van der Waals surface area contributed by atoms with Crippen molar-refractivity contribution in [2.75, 3.05) is 39.8 Å². The van der Waals surface area contributed by atoms with E-state index in [1.165, 1.54) is 8.99 Å². The summed E-state index contributed by atoms with van der Waals surface area (Å²) in [5.74, 6) is -0.762. The molecule has 0 saturated carbocycles. The Hall–Kier alpha value is -3.82. The number of aryl methyl sites for hydroxylation is 2. The number of ether oxygens (including phenoxy) is 1. The van der Waals surface area contributed by atoms with Crippen molar-refractivity contribution in [2.24, 2.45) is 7.05 Å². The second kappa shape index (κ2) is 17.9. The highest BCUT2D eigenvalue weighted by molar-refractivity contribution is 7.89. The number of unbranched alkanes of at least 4 members (excludes halogenated alkanes) is 5. The highest BCUT2D eigenvalue weighted by Crippen LogP contribution is 2.32. The van der Waals surface area contributed by atoms with E-state index in [-0.39, 0.29) is 29.1 Å². The van der Waals surface area contributed by atoms with Crippen molar-refractivity contribution in [3.8, 4) is 17.1 Å². The van der Waals surface area contributed by atoms with Crippen LogP contribution in [0.25, 0.3) is 22.4 Å². The van der Waals surface area contributed by atoms with Gasteiger partial charge in [-0.25, -0.2) is 13.4 Å². The highest BCUT2D eigenvalue weighted by atomic mass is 32.2. The number of piperazine rings is 1. The molecule has 1 aliphatic rings. The van der Waals surface area contributed by atoms with Crippen molar-refractivity contribution in [3.05, 3.63) is 34.2 Å². The second-order valence-corrected chi connectivity index (χ2v) is 13.6. The van der Waals surface area contributed by atoms with E-state index in [9.17, 15) is 22.8 Å². The lowest BCUT2D eigenvalue weighted by molar-refractivity contribution is -0.138. The molecular weight excluding hydrogens is 628 g/mol. The van der Waals surface area contributed by atoms with Crippen LogP contribution < -0.4 is 10.3 Å². The number of H-pyrrole nitrogens is 1. The Morgan fingerprint density at radius 2 is 1.53 bits per heavy atom. The van der Waals surface area contributed by atoms with Gasteiger partial charge in [-0.05, 0) is 51.4 Å². The largest absolute Gasteiger partial charge is 0.493 e. The molecule has 0 amide bonds. The second-order valence-electron chi connectivity index (χ2n) is 11.6. The van der Waals surface area contributed by atoms with Crippen molar-refractivity contribution in [2.45, 2.75) is 83.0 Å². The molecule has 4 rings (SSSR count). The Bertz CT molecular complexity index is 1640. The van der Waals surface area contributed by atoms with Crippen molar-refractivity contribution in [3.63, 3.8) is 0 Å². The van der Waals surface area contributed by atoms with E-state index < -0.39 is 22.0 Å². The number of hydrogen-bond acceptors (Lipinski definition) is 9. The van der Waals surface area contributed by atoms with Gasteiger partial charge in [-0.3, -0.25) is 19.1 Å². The van der Waals surface area contributed by atoms with Gasteiger partial charge in [0.1, 0.15) is 17.1 Å². The van der Waals surface area contributed by atoms with Gasteiger partial charge in [0.2, 0.25) is 10.0 Å². The van der Waals surface area contributed by atoms with Crippen LogP contribution in [-0.2, 0) is 33.1 Å². The van der Waals surface area contributed by atoms with Gasteiger partial charge in [-0.15, -0.1) is 0 Å². The number of hydrogen-bond donors (Lipinski definition) is 3. The molecule has 14 nitrogen and oxygen atoms in total. The van der Waals surface area contributed by atoms with Gasteiger partial charge in [0.05, 0.1) is 22.8 Å². The van der Waals surface area contributed by atoms with Crippen molar-refractivity contribution in [1.82, 2.24) is 29.0 Å². The first kappa shape index (κ1) is 37.6. The zero-order chi connectivity index (χ0) is 34.6. The molecular formula is C32H48N6O8S. The Balaban J connectivity index is 0.000000363. The number of nitrogens with one attached hydrogen (secondary N) is 1. The van der Waals surface area contributed by atoms with E-state index in [1.807, 2.05) is 20.9 Å². The van der Waals surface area contributed by atoms with Gasteiger partial charge in [-0.1, -0.05) is 39.0 Å². The van der Waals surface area contributed by atoms with Gasteiger partial charge in [0.25, 0.3) is 5.56 Å². The van der Waals surface area contributed by atoms with Gasteiger partial charge in [-0.2, -0.15) is 9.40 Å². The molecule has 1 fully saturated rings. The third-order valence-corrected chi connectivity index (χ3v) is 9.78. The van der Waals surface area contributed by atoms with E-state index in [1.54, 1.807) is 25.2 Å². The number of aromatic amines is 1. The van der Waals surface area contributed by atoms with E-state index in [2.05, 4.69) is 15.0 Å². The zero-order valence-corrected chi connectivity index (χ0v) is 28.6. The van der Waals surface area contributed by atoms with Crippen molar-refractivity contribution < 1.29 is 33.0 Å². The van der Waals surface area contributed by atoms with Gasteiger partial charge >= 0.3 is 11.9 Å². The lowest BCUT2D eigenvalue weighted by atomic mass is 10.1. The van der Waals surface area contributed by atoms with Crippen molar-refractivity contribution >= 4 is 33.0 Å². The molecule has 260 valence electrons. The molecule has 0 unspecified atom stereocenters. The van der Waals surface area contributed by atoms with Crippen LogP contribution in [0.3, 0.4) is 0 Å². The van der Waals surface area contributed by atoms with Gasteiger partial charge in [0, 0.05) is 46.1 Å². The number of carboxylic acids is 2. The lowest BCUT2D eigenvalue weighted by Crippen LogP contribution is -2.47. The van der Waals surface area contributed by atoms with Crippen LogP contribution in [0.15, 0.2) is 27.9 Å². The summed E-state index contributed by atoms with van der Waals surface area (Å²) < 4.78 is 35.4. The number of nitrogens with zero attached hydrogens (tertiary/aromatic N) is 5. The number of benzene rings is 1. The maximum atomic E-state index is 13.3. The summed E-state index contributed by atoms with van der Waals surface area (Å²) in [6.07, 6.45) is 7.37. The number of sulfonamides is 1. The molecule has 2 aromatic heterocycles. The van der Waals surface area contributed by atoms with Crippen LogP contribution in [0.1, 0.15) is 77.3 Å². The molecule has 0 atom stereocenters. The SMILES string of the molecule is CCCc1nn(C)c2c(=O)[nH]c(-c3cc(S(=O)(=O)N4CCN(C)CC4)ccc3OCC)nc12.O=C(O)CCCCCCCCC(=O)O. The number of aliphatic carboxylic acids is 2. The number of rotatable bonds is 16. The number of carboxylic acid groups (broad SMARTS) is 2. The predicted molar refractivity (Wildman–Crippen MR) is 178 cm³/mol. The van der Waals surface area contributed by atoms with Crippen LogP contribution in [-0.4, -0.2) is 99.4 Å². The molecule has 0 bridgehead atoms. The molecule has 1 saturated heterocycles. The molecule has 1 aromatic carbocycles. The number of aromatic nitrogens is 4. The fourth-order valence-electron chi connectivity index (χ4n) is 5.35. The Morgan fingerprint density at radius 1 is 0.936 bits per heavy atom. The number of carbonyl (C=O) groups is 2. The third-order valence-electron chi connectivity index (χ3n) is 7.89. The van der Waals surface area contributed by atoms with Crippen molar-refractivity contribution in [1.29, 1.82) is 0 Å². The molecule has 0 aliphatic carbocycles. The number of fused-ring (bicyclic) bond motifs is 1. The van der Waals surface area contributed by atoms with Crippen LogP contribution in [0.4, 0.5) is 0 Å². The summed E-state index contributed by atoms with van der Waals surface area (Å²) in [5.41, 5.74) is 1.75. The highest BCUT2D eigenvalue weighted by Gasteiger charge is 2.29. The fraction of sp³-hybridized carbons (Fsp3) is 0.594. The summed E-state index contributed by atoms with van der Waals surface area (Å²) in [4.78, 5) is 42.9. The summed E-state index contributed by atoms with van der Waals surface area (Å²) in [5, 5.41) is 21.2. The van der Waals surface area contributed by atoms with Gasteiger partial charge < -0.3 is 24.8 Å². The average molecular weight is 677 g/mol. The maximum absolute atomic E-state index is 13.3. The van der Waals surface area contributed by atoms with Crippen LogP contribution in [0.5, 0.6) is 5.75 Å². The topological polar surface area (TPSA) is 188 Å². The van der Waals surface area contributed by atoms with Gasteiger partial charge in [0.15, 0.2) is 5.52 Å². The summed E-state index contributed by atoms with van der Waals surface area (Å²) in [6, 6.07) is 4.71. The predicted octanol–water partition coefficient (Wildman–Crippen LogP) is 3.89.